The Morgan fingerprint density at radius 1 is 1.16 bits per heavy atom. The predicted molar refractivity (Wildman–Crippen MR) is 92.8 cm³/mol. The van der Waals surface area contributed by atoms with Crippen molar-refractivity contribution in [1.29, 1.82) is 0 Å². The summed E-state index contributed by atoms with van der Waals surface area (Å²) in [5, 5.41) is 15.3. The van der Waals surface area contributed by atoms with E-state index < -0.39 is 5.82 Å². The Morgan fingerprint density at radius 3 is 2.52 bits per heavy atom. The number of hydrogen-bond donors (Lipinski definition) is 3. The van der Waals surface area contributed by atoms with Crippen LogP contribution in [0.15, 0.2) is 47.5 Å². The molecule has 0 saturated carbocycles. The molecule has 7 heteroatoms. The number of ether oxygens (including phenoxy) is 1. The minimum Gasteiger partial charge on any atom is -0.505 e. The van der Waals surface area contributed by atoms with Gasteiger partial charge in [0.05, 0.1) is 6.54 Å². The smallest absolute Gasteiger partial charge is 0.191 e. The highest BCUT2D eigenvalue weighted by molar-refractivity contribution is 5.79. The number of nitrogens with one attached hydrogen (secondary N) is 2. The molecular formula is C18H21F2N3O2. The van der Waals surface area contributed by atoms with Crippen LogP contribution >= 0.6 is 0 Å². The molecule has 0 radical (unpaired) electrons. The van der Waals surface area contributed by atoms with E-state index in [0.717, 1.165) is 0 Å². The van der Waals surface area contributed by atoms with Crippen LogP contribution in [0, 0.1) is 11.6 Å². The number of hydrogen-bond acceptors (Lipinski definition) is 3. The first kappa shape index (κ1) is 18.5. The lowest BCUT2D eigenvalue weighted by atomic mass is 10.2. The van der Waals surface area contributed by atoms with Gasteiger partial charge in [-0.3, -0.25) is 4.99 Å². The zero-order valence-electron chi connectivity index (χ0n) is 14.1. The van der Waals surface area contributed by atoms with Crippen LogP contribution in [0.1, 0.15) is 12.5 Å². The molecule has 0 aliphatic rings. The fraction of sp³-hybridized carbons (Fsp3) is 0.278. The molecule has 0 aliphatic carbocycles. The summed E-state index contributed by atoms with van der Waals surface area (Å²) >= 11 is 0. The largest absolute Gasteiger partial charge is 0.505 e. The number of benzene rings is 2. The van der Waals surface area contributed by atoms with Gasteiger partial charge in [0.25, 0.3) is 0 Å². The van der Waals surface area contributed by atoms with Crippen molar-refractivity contribution in [2.75, 3.05) is 13.6 Å². The van der Waals surface area contributed by atoms with E-state index >= 15 is 0 Å². The molecule has 2 aromatic rings. The molecule has 0 aromatic heterocycles. The van der Waals surface area contributed by atoms with Crippen molar-refractivity contribution in [2.45, 2.75) is 19.6 Å². The van der Waals surface area contributed by atoms with E-state index in [0.29, 0.717) is 30.4 Å². The highest BCUT2D eigenvalue weighted by atomic mass is 19.1. The molecule has 1 atom stereocenters. The van der Waals surface area contributed by atoms with Crippen molar-refractivity contribution >= 4 is 5.96 Å². The quantitative estimate of drug-likeness (QED) is 0.554. The van der Waals surface area contributed by atoms with Crippen molar-refractivity contribution < 1.29 is 18.6 Å². The lowest BCUT2D eigenvalue weighted by molar-refractivity contribution is 0.223. The highest BCUT2D eigenvalue weighted by Gasteiger charge is 2.07. The molecule has 0 bridgehead atoms. The fourth-order valence-corrected chi connectivity index (χ4v) is 2.09. The third kappa shape index (κ3) is 5.95. The van der Waals surface area contributed by atoms with Crippen molar-refractivity contribution in [2.24, 2.45) is 4.99 Å². The molecule has 2 aromatic carbocycles. The molecule has 0 spiro atoms. The summed E-state index contributed by atoms with van der Waals surface area (Å²) in [4.78, 5) is 4.08. The van der Waals surface area contributed by atoms with Crippen LogP contribution in [0.3, 0.4) is 0 Å². The van der Waals surface area contributed by atoms with E-state index in [-0.39, 0.29) is 17.7 Å². The van der Waals surface area contributed by atoms with Gasteiger partial charge in [0.15, 0.2) is 17.5 Å². The van der Waals surface area contributed by atoms with Crippen LogP contribution in [-0.2, 0) is 6.54 Å². The van der Waals surface area contributed by atoms with Gasteiger partial charge >= 0.3 is 0 Å². The van der Waals surface area contributed by atoms with Crippen LogP contribution < -0.4 is 15.4 Å². The van der Waals surface area contributed by atoms with Crippen molar-refractivity contribution in [3.05, 3.63) is 59.7 Å². The molecule has 2 rings (SSSR count). The maximum atomic E-state index is 13.3. The van der Waals surface area contributed by atoms with Crippen LogP contribution in [0.25, 0.3) is 0 Å². The molecule has 0 saturated heterocycles. The molecule has 5 nitrogen and oxygen atoms in total. The summed E-state index contributed by atoms with van der Waals surface area (Å²) in [7, 11) is 1.62. The lowest BCUT2D eigenvalue weighted by Crippen LogP contribution is -2.41. The van der Waals surface area contributed by atoms with Gasteiger partial charge in [-0.15, -0.1) is 0 Å². The third-order valence-electron chi connectivity index (χ3n) is 3.40. The zero-order valence-corrected chi connectivity index (χ0v) is 14.1. The first-order chi connectivity index (χ1) is 12.0. The van der Waals surface area contributed by atoms with Crippen LogP contribution in [0.5, 0.6) is 11.5 Å². The van der Waals surface area contributed by atoms with Gasteiger partial charge in [-0.2, -0.15) is 0 Å². The topological polar surface area (TPSA) is 65.9 Å². The van der Waals surface area contributed by atoms with Crippen LogP contribution in [0.4, 0.5) is 8.78 Å². The highest BCUT2D eigenvalue weighted by Crippen LogP contribution is 2.16. The maximum Gasteiger partial charge on any atom is 0.191 e. The third-order valence-corrected chi connectivity index (χ3v) is 3.40. The first-order valence-corrected chi connectivity index (χ1v) is 7.82. The minimum absolute atomic E-state index is 0.171. The molecule has 25 heavy (non-hydrogen) atoms. The number of aromatic hydroxyl groups is 1. The summed E-state index contributed by atoms with van der Waals surface area (Å²) in [5.41, 5.74) is 0.675. The van der Waals surface area contributed by atoms with Gasteiger partial charge < -0.3 is 20.5 Å². The second kappa shape index (κ2) is 8.86. The molecule has 3 N–H and O–H groups in total. The van der Waals surface area contributed by atoms with E-state index in [1.165, 1.54) is 24.3 Å². The summed E-state index contributed by atoms with van der Waals surface area (Å²) in [6, 6.07) is 10.0. The SMILES string of the molecule is CN=C(NCc1ccc(O)c(F)c1)NCC(C)Oc1ccc(F)cc1. The van der Waals surface area contributed by atoms with Gasteiger partial charge in [0.1, 0.15) is 17.7 Å². The number of halogens is 2. The molecule has 134 valence electrons. The Bertz CT molecular complexity index is 721. The lowest BCUT2D eigenvalue weighted by Gasteiger charge is -2.18. The Hall–Kier alpha value is -2.83. The molecule has 0 aliphatic heterocycles. The number of nitrogens with zero attached hydrogens (tertiary/aromatic N) is 1. The van der Waals surface area contributed by atoms with Gasteiger partial charge in [-0.05, 0) is 48.9 Å². The predicted octanol–water partition coefficient (Wildman–Crippen LogP) is 2.80. The molecule has 0 amide bonds. The summed E-state index contributed by atoms with van der Waals surface area (Å²) in [6.07, 6.45) is -0.171. The fourth-order valence-electron chi connectivity index (χ4n) is 2.09. The molecular weight excluding hydrogens is 328 g/mol. The number of rotatable bonds is 6. The Kier molecular flexibility index (Phi) is 6.56. The summed E-state index contributed by atoms with van der Waals surface area (Å²) < 4.78 is 31.8. The van der Waals surface area contributed by atoms with Gasteiger partial charge in [0.2, 0.25) is 0 Å². The second-order valence-corrected chi connectivity index (χ2v) is 5.47. The minimum atomic E-state index is -0.663. The average molecular weight is 349 g/mol. The van der Waals surface area contributed by atoms with Crippen LogP contribution in [0.2, 0.25) is 0 Å². The maximum absolute atomic E-state index is 13.3. The number of phenols is 1. The molecule has 1 unspecified atom stereocenters. The normalized spacial score (nSPS) is 12.6. The van der Waals surface area contributed by atoms with E-state index in [1.807, 2.05) is 6.92 Å². The Labute approximate surface area is 145 Å². The van der Waals surface area contributed by atoms with E-state index in [9.17, 15) is 13.9 Å². The monoisotopic (exact) mass is 349 g/mol. The van der Waals surface area contributed by atoms with Crippen LogP contribution in [-0.4, -0.2) is 30.8 Å². The summed E-state index contributed by atoms with van der Waals surface area (Å²) in [6.45, 7) is 2.70. The van der Waals surface area contributed by atoms with Gasteiger partial charge in [0, 0.05) is 13.6 Å². The van der Waals surface area contributed by atoms with Gasteiger partial charge in [-0.25, -0.2) is 8.78 Å². The Morgan fingerprint density at radius 2 is 1.88 bits per heavy atom. The molecule has 0 fully saturated rings. The Balaban J connectivity index is 1.79. The molecule has 0 heterocycles. The number of guanidine groups is 1. The van der Waals surface area contributed by atoms with E-state index in [1.54, 1.807) is 25.2 Å². The van der Waals surface area contributed by atoms with Gasteiger partial charge in [-0.1, -0.05) is 6.07 Å². The van der Waals surface area contributed by atoms with Crippen molar-refractivity contribution in [3.8, 4) is 11.5 Å². The van der Waals surface area contributed by atoms with Crippen molar-refractivity contribution in [1.82, 2.24) is 10.6 Å². The summed E-state index contributed by atoms with van der Waals surface area (Å²) in [5.74, 6) is -0.240. The average Bonchev–Trinajstić information content (AvgIpc) is 2.60. The second-order valence-electron chi connectivity index (χ2n) is 5.47. The first-order valence-electron chi connectivity index (χ1n) is 7.82. The number of aliphatic imine (C=N–C) groups is 1. The number of phenolic OH excluding ortho intramolecular Hbond substituents is 1. The standard InChI is InChI=1S/C18H21F2N3O2/c1-12(25-15-6-4-14(19)5-7-15)10-22-18(21-2)23-11-13-3-8-17(24)16(20)9-13/h3-9,12,24H,10-11H2,1-2H3,(H2,21,22,23). The van der Waals surface area contributed by atoms with E-state index in [4.69, 9.17) is 4.74 Å². The van der Waals surface area contributed by atoms with Crippen molar-refractivity contribution in [3.63, 3.8) is 0 Å². The zero-order chi connectivity index (χ0) is 18.2. The van der Waals surface area contributed by atoms with E-state index in [2.05, 4.69) is 15.6 Å².